The molecule has 3 aromatic rings. The van der Waals surface area contributed by atoms with Gasteiger partial charge in [-0.2, -0.15) is 5.26 Å². The van der Waals surface area contributed by atoms with E-state index in [1.165, 1.54) is 0 Å². The second-order valence-electron chi connectivity index (χ2n) is 8.11. The summed E-state index contributed by atoms with van der Waals surface area (Å²) in [5, 5.41) is 11.9. The second-order valence-corrected chi connectivity index (χ2v) is 8.11. The van der Waals surface area contributed by atoms with Crippen molar-refractivity contribution in [2.45, 2.75) is 26.3 Å². The third-order valence-electron chi connectivity index (χ3n) is 5.73. The van der Waals surface area contributed by atoms with Crippen molar-refractivity contribution in [3.8, 4) is 11.8 Å². The number of carbonyl (C=O) groups excluding carboxylic acids is 2. The minimum Gasteiger partial charge on any atom is -0.494 e. The number of nitrogens with two attached hydrogens (primary N) is 1. The van der Waals surface area contributed by atoms with E-state index >= 15 is 0 Å². The number of primary amides is 1. The Bertz CT molecular complexity index is 1120. The maximum Gasteiger partial charge on any atom is 0.224 e. The van der Waals surface area contributed by atoms with Crippen LogP contribution in [0.3, 0.4) is 0 Å². The summed E-state index contributed by atoms with van der Waals surface area (Å²) in [6.07, 6.45) is 0.744. The van der Waals surface area contributed by atoms with Gasteiger partial charge in [0, 0.05) is 6.54 Å². The van der Waals surface area contributed by atoms with Gasteiger partial charge in [0.15, 0.2) is 0 Å². The van der Waals surface area contributed by atoms with Gasteiger partial charge in [-0.1, -0.05) is 54.6 Å². The van der Waals surface area contributed by atoms with Crippen LogP contribution in [0, 0.1) is 23.2 Å². The summed E-state index contributed by atoms with van der Waals surface area (Å²) in [6.45, 7) is 2.79. The largest absolute Gasteiger partial charge is 0.494 e. The van der Waals surface area contributed by atoms with E-state index < -0.39 is 17.7 Å². The normalized spacial score (nSPS) is 12.2. The molecule has 1 unspecified atom stereocenters. The summed E-state index contributed by atoms with van der Waals surface area (Å²) < 4.78 is 5.49. The van der Waals surface area contributed by atoms with Gasteiger partial charge in [0.25, 0.3) is 0 Å². The highest BCUT2D eigenvalue weighted by molar-refractivity contribution is 5.87. The molecule has 3 aromatic carbocycles. The standard InChI is InChI=1S/C28H29N3O3/c1-2-34-24-14-12-21(13-15-24)16-25(27(30)32)26(17-20-6-4-3-5-7-20)28(33)31-19-23-10-8-22(18-29)9-11-23/h3-15,25-26H,2,16-17,19H2,1H3,(H2,30,32)(H,31,33)/t25?,26-/m0/s1. The zero-order valence-corrected chi connectivity index (χ0v) is 19.2. The first-order valence-electron chi connectivity index (χ1n) is 11.3. The molecule has 0 spiro atoms. The Morgan fingerprint density at radius 3 is 2.06 bits per heavy atom. The summed E-state index contributed by atoms with van der Waals surface area (Å²) in [6, 6.07) is 26.2. The lowest BCUT2D eigenvalue weighted by molar-refractivity contribution is -0.133. The van der Waals surface area contributed by atoms with E-state index in [4.69, 9.17) is 15.7 Å². The molecule has 2 amide bonds. The third kappa shape index (κ3) is 6.94. The fourth-order valence-corrected chi connectivity index (χ4v) is 3.89. The van der Waals surface area contributed by atoms with E-state index in [0.717, 1.165) is 22.4 Å². The molecule has 0 saturated heterocycles. The number of amides is 2. The topological polar surface area (TPSA) is 105 Å². The van der Waals surface area contributed by atoms with Gasteiger partial charge in [-0.25, -0.2) is 0 Å². The number of hydrogen-bond acceptors (Lipinski definition) is 4. The monoisotopic (exact) mass is 455 g/mol. The number of hydrogen-bond donors (Lipinski definition) is 2. The first-order chi connectivity index (χ1) is 16.5. The molecule has 0 bridgehead atoms. The number of carbonyl (C=O) groups is 2. The van der Waals surface area contributed by atoms with E-state index in [1.807, 2.05) is 61.5 Å². The molecule has 6 heteroatoms. The molecule has 0 aliphatic carbocycles. The van der Waals surface area contributed by atoms with Crippen LogP contribution in [0.4, 0.5) is 0 Å². The van der Waals surface area contributed by atoms with E-state index in [2.05, 4.69) is 11.4 Å². The lowest BCUT2D eigenvalue weighted by Crippen LogP contribution is -2.42. The first-order valence-corrected chi connectivity index (χ1v) is 11.3. The van der Waals surface area contributed by atoms with Crippen LogP contribution in [0.25, 0.3) is 0 Å². The van der Waals surface area contributed by atoms with Gasteiger partial charge in [-0.05, 0) is 60.7 Å². The molecule has 34 heavy (non-hydrogen) atoms. The van der Waals surface area contributed by atoms with Crippen LogP contribution in [0.1, 0.15) is 29.2 Å². The van der Waals surface area contributed by atoms with Gasteiger partial charge in [-0.3, -0.25) is 9.59 Å². The number of benzene rings is 3. The molecule has 0 aliphatic rings. The Balaban J connectivity index is 1.80. The molecule has 0 heterocycles. The predicted molar refractivity (Wildman–Crippen MR) is 131 cm³/mol. The molecule has 2 atom stereocenters. The third-order valence-corrected chi connectivity index (χ3v) is 5.73. The predicted octanol–water partition coefficient (Wildman–Crippen LogP) is 3.78. The second kappa shape index (κ2) is 12.2. The SMILES string of the molecule is CCOc1ccc(CC(C(N)=O)[C@H](Cc2ccccc2)C(=O)NCc2ccc(C#N)cc2)cc1. The molecule has 0 saturated carbocycles. The molecule has 0 fully saturated rings. The van der Waals surface area contributed by atoms with Crippen molar-refractivity contribution in [3.05, 3.63) is 101 Å². The molecule has 6 nitrogen and oxygen atoms in total. The smallest absolute Gasteiger partial charge is 0.224 e. The van der Waals surface area contributed by atoms with Crippen molar-refractivity contribution in [3.63, 3.8) is 0 Å². The zero-order chi connectivity index (χ0) is 24.3. The van der Waals surface area contributed by atoms with E-state index in [-0.39, 0.29) is 5.91 Å². The first kappa shape index (κ1) is 24.5. The number of ether oxygens (including phenoxy) is 1. The van der Waals surface area contributed by atoms with Crippen molar-refractivity contribution >= 4 is 11.8 Å². The summed E-state index contributed by atoms with van der Waals surface area (Å²) in [5.41, 5.74) is 9.11. The van der Waals surface area contributed by atoms with Gasteiger partial charge >= 0.3 is 0 Å². The molecular weight excluding hydrogens is 426 g/mol. The summed E-state index contributed by atoms with van der Waals surface area (Å²) in [4.78, 5) is 25.9. The van der Waals surface area contributed by atoms with E-state index in [0.29, 0.717) is 31.6 Å². The average Bonchev–Trinajstić information content (AvgIpc) is 2.86. The summed E-state index contributed by atoms with van der Waals surface area (Å²) in [7, 11) is 0. The number of nitrogens with zero attached hydrogens (tertiary/aromatic N) is 1. The van der Waals surface area contributed by atoms with Gasteiger partial charge < -0.3 is 15.8 Å². The van der Waals surface area contributed by atoms with Crippen LogP contribution < -0.4 is 15.8 Å². The van der Waals surface area contributed by atoms with Crippen LogP contribution in [0.2, 0.25) is 0 Å². The van der Waals surface area contributed by atoms with E-state index in [9.17, 15) is 9.59 Å². The fourth-order valence-electron chi connectivity index (χ4n) is 3.89. The quantitative estimate of drug-likeness (QED) is 0.459. The molecule has 0 aliphatic heterocycles. The van der Waals surface area contributed by atoms with Gasteiger partial charge in [0.05, 0.1) is 30.1 Å². The summed E-state index contributed by atoms with van der Waals surface area (Å²) in [5.74, 6) is -1.31. The lowest BCUT2D eigenvalue weighted by Gasteiger charge is -2.25. The highest BCUT2D eigenvalue weighted by Gasteiger charge is 2.32. The highest BCUT2D eigenvalue weighted by atomic mass is 16.5. The van der Waals surface area contributed by atoms with Crippen LogP contribution >= 0.6 is 0 Å². The Labute approximate surface area is 200 Å². The lowest BCUT2D eigenvalue weighted by atomic mass is 9.81. The van der Waals surface area contributed by atoms with Crippen LogP contribution in [0.15, 0.2) is 78.9 Å². The summed E-state index contributed by atoms with van der Waals surface area (Å²) >= 11 is 0. The molecule has 0 radical (unpaired) electrons. The van der Waals surface area contributed by atoms with Crippen molar-refractivity contribution in [1.82, 2.24) is 5.32 Å². The zero-order valence-electron chi connectivity index (χ0n) is 19.2. The van der Waals surface area contributed by atoms with Crippen molar-refractivity contribution in [2.24, 2.45) is 17.6 Å². The molecule has 3 N–H and O–H groups in total. The Morgan fingerprint density at radius 1 is 0.882 bits per heavy atom. The molecule has 0 aromatic heterocycles. The van der Waals surface area contributed by atoms with Gasteiger partial charge in [0.2, 0.25) is 11.8 Å². The fraction of sp³-hybridized carbons (Fsp3) is 0.250. The average molecular weight is 456 g/mol. The van der Waals surface area contributed by atoms with Crippen molar-refractivity contribution in [1.29, 1.82) is 5.26 Å². The minimum absolute atomic E-state index is 0.233. The van der Waals surface area contributed by atoms with Crippen LogP contribution in [-0.4, -0.2) is 18.4 Å². The molecule has 3 rings (SSSR count). The number of nitriles is 1. The maximum absolute atomic E-state index is 13.3. The van der Waals surface area contributed by atoms with Gasteiger partial charge in [-0.15, -0.1) is 0 Å². The van der Waals surface area contributed by atoms with Crippen molar-refractivity contribution < 1.29 is 14.3 Å². The van der Waals surface area contributed by atoms with E-state index in [1.54, 1.807) is 24.3 Å². The van der Waals surface area contributed by atoms with Crippen LogP contribution in [0.5, 0.6) is 5.75 Å². The maximum atomic E-state index is 13.3. The van der Waals surface area contributed by atoms with Gasteiger partial charge in [0.1, 0.15) is 5.75 Å². The number of rotatable bonds is 11. The molecular formula is C28H29N3O3. The Morgan fingerprint density at radius 2 is 1.47 bits per heavy atom. The van der Waals surface area contributed by atoms with Crippen molar-refractivity contribution in [2.75, 3.05) is 6.61 Å². The minimum atomic E-state index is -0.681. The Hall–Kier alpha value is -4.11. The molecule has 174 valence electrons. The number of nitrogens with one attached hydrogen (secondary N) is 1. The highest BCUT2D eigenvalue weighted by Crippen LogP contribution is 2.24. The van der Waals surface area contributed by atoms with Crippen LogP contribution in [-0.2, 0) is 29.0 Å². The Kier molecular flexibility index (Phi) is 8.81.